The molecule has 0 unspecified atom stereocenters. The molecule has 2 heteroatoms. The number of amides is 1. The molecule has 29 heavy (non-hydrogen) atoms. The molecule has 1 aliphatic heterocycles. The van der Waals surface area contributed by atoms with Gasteiger partial charge in [0, 0.05) is 5.54 Å². The lowest BCUT2D eigenvalue weighted by atomic mass is 9.48. The molecule has 0 aromatic heterocycles. The Morgan fingerprint density at radius 1 is 1.03 bits per heavy atom. The molecule has 2 nitrogen and oxygen atoms in total. The van der Waals surface area contributed by atoms with E-state index >= 15 is 0 Å². The lowest BCUT2D eigenvalue weighted by molar-refractivity contribution is -0.124. The highest BCUT2D eigenvalue weighted by Gasteiger charge is 2.60. The Hall–Kier alpha value is -0.790. The van der Waals surface area contributed by atoms with E-state index < -0.39 is 0 Å². The van der Waals surface area contributed by atoms with Gasteiger partial charge in [-0.3, -0.25) is 4.79 Å². The molecule has 4 aliphatic rings. The van der Waals surface area contributed by atoms with Gasteiger partial charge in [0.15, 0.2) is 0 Å². The zero-order chi connectivity index (χ0) is 20.8. The first-order valence-electron chi connectivity index (χ1n) is 12.7. The van der Waals surface area contributed by atoms with E-state index in [0.717, 1.165) is 36.0 Å². The Morgan fingerprint density at radius 2 is 1.83 bits per heavy atom. The molecule has 0 aromatic rings. The molecule has 3 saturated carbocycles. The fraction of sp³-hybridized carbons (Fsp3) is 0.889. The molecule has 0 aromatic carbocycles. The monoisotopic (exact) mass is 399 g/mol. The van der Waals surface area contributed by atoms with E-state index in [1.54, 1.807) is 6.08 Å². The summed E-state index contributed by atoms with van der Waals surface area (Å²) in [6.07, 6.45) is 17.5. The van der Waals surface area contributed by atoms with Crippen molar-refractivity contribution in [2.45, 2.75) is 104 Å². The minimum Gasteiger partial charge on any atom is -0.347 e. The molecule has 0 radical (unpaired) electrons. The second kappa shape index (κ2) is 8.04. The summed E-state index contributed by atoms with van der Waals surface area (Å²) in [7, 11) is 0. The van der Waals surface area contributed by atoms with Crippen LogP contribution in [0.3, 0.4) is 0 Å². The van der Waals surface area contributed by atoms with Crippen LogP contribution in [0.5, 0.6) is 0 Å². The molecule has 0 saturated heterocycles. The van der Waals surface area contributed by atoms with Crippen molar-refractivity contribution in [1.82, 2.24) is 5.32 Å². The number of allylic oxidation sites excluding steroid dienone is 1. The summed E-state index contributed by atoms with van der Waals surface area (Å²) in [5.74, 6) is 5.77. The lowest BCUT2D eigenvalue weighted by Gasteiger charge is -2.59. The summed E-state index contributed by atoms with van der Waals surface area (Å²) in [6.45, 7) is 12.3. The van der Waals surface area contributed by atoms with Gasteiger partial charge in [0.25, 0.3) is 0 Å². The van der Waals surface area contributed by atoms with Gasteiger partial charge in [-0.25, -0.2) is 0 Å². The van der Waals surface area contributed by atoms with Gasteiger partial charge in [-0.15, -0.1) is 0 Å². The number of rotatable bonds is 5. The Balaban J connectivity index is 1.49. The van der Waals surface area contributed by atoms with Crippen LogP contribution in [0.25, 0.3) is 0 Å². The minimum atomic E-state index is 0.00575. The standard InChI is InChI=1S/C27H45NO/c1-18(2)8-6-9-19(3)22-14-15-23-21-13-12-20-10-7-11-25(29)28-27(20,5)24(21)16-17-26(22,23)4/h7,11,18-24H,6,8-10,12-17H2,1-5H3,(H,28,29)/t19-,20-,21+,22-,23+,24+,26-,27+/m1/s1. The number of carbonyl (C=O) groups excluding carboxylic acids is 1. The maximum atomic E-state index is 12.4. The van der Waals surface area contributed by atoms with Gasteiger partial charge in [-0.2, -0.15) is 0 Å². The van der Waals surface area contributed by atoms with Crippen LogP contribution < -0.4 is 5.32 Å². The fourth-order valence-corrected chi connectivity index (χ4v) is 8.66. The van der Waals surface area contributed by atoms with Gasteiger partial charge in [0.2, 0.25) is 5.91 Å². The number of carbonyl (C=O) groups is 1. The fourth-order valence-electron chi connectivity index (χ4n) is 8.66. The third-order valence-corrected chi connectivity index (χ3v) is 10.2. The lowest BCUT2D eigenvalue weighted by Crippen LogP contribution is -2.62. The van der Waals surface area contributed by atoms with E-state index in [1.165, 1.54) is 57.8 Å². The minimum absolute atomic E-state index is 0.00575. The van der Waals surface area contributed by atoms with E-state index in [2.05, 4.69) is 46.0 Å². The highest BCUT2D eigenvalue weighted by molar-refractivity contribution is 5.88. The predicted octanol–water partition coefficient (Wildman–Crippen LogP) is 6.75. The van der Waals surface area contributed by atoms with E-state index in [0.29, 0.717) is 17.3 Å². The predicted molar refractivity (Wildman–Crippen MR) is 121 cm³/mol. The largest absolute Gasteiger partial charge is 0.347 e. The van der Waals surface area contributed by atoms with Crippen LogP contribution in [-0.2, 0) is 4.79 Å². The molecule has 1 amide bonds. The quantitative estimate of drug-likeness (QED) is 0.544. The number of hydrogen-bond donors (Lipinski definition) is 1. The first kappa shape index (κ1) is 21.4. The Bertz CT molecular complexity index is 638. The van der Waals surface area contributed by atoms with Crippen molar-refractivity contribution in [2.24, 2.45) is 46.8 Å². The summed E-state index contributed by atoms with van der Waals surface area (Å²) in [6, 6.07) is 0. The second-order valence-corrected chi connectivity index (χ2v) is 12.1. The van der Waals surface area contributed by atoms with Crippen LogP contribution >= 0.6 is 0 Å². The van der Waals surface area contributed by atoms with Crippen LogP contribution in [0.15, 0.2) is 12.2 Å². The highest BCUT2D eigenvalue weighted by Crippen LogP contribution is 2.65. The first-order chi connectivity index (χ1) is 13.8. The summed E-state index contributed by atoms with van der Waals surface area (Å²) >= 11 is 0. The molecule has 0 spiro atoms. The maximum Gasteiger partial charge on any atom is 0.244 e. The molecule has 3 fully saturated rings. The van der Waals surface area contributed by atoms with Crippen molar-refractivity contribution in [3.63, 3.8) is 0 Å². The van der Waals surface area contributed by atoms with E-state index in [9.17, 15) is 4.79 Å². The molecule has 8 atom stereocenters. The average molecular weight is 400 g/mol. The Labute approximate surface area is 179 Å². The molecule has 1 N–H and O–H groups in total. The topological polar surface area (TPSA) is 29.1 Å². The van der Waals surface area contributed by atoms with Gasteiger partial charge >= 0.3 is 0 Å². The van der Waals surface area contributed by atoms with Crippen molar-refractivity contribution in [3.8, 4) is 0 Å². The van der Waals surface area contributed by atoms with Crippen molar-refractivity contribution in [1.29, 1.82) is 0 Å². The normalized spacial score (nSPS) is 45.2. The number of hydrogen-bond acceptors (Lipinski definition) is 1. The van der Waals surface area contributed by atoms with Gasteiger partial charge < -0.3 is 5.32 Å². The van der Waals surface area contributed by atoms with Crippen molar-refractivity contribution in [3.05, 3.63) is 12.2 Å². The van der Waals surface area contributed by atoms with Crippen molar-refractivity contribution < 1.29 is 4.79 Å². The summed E-state index contributed by atoms with van der Waals surface area (Å²) < 4.78 is 0. The maximum absolute atomic E-state index is 12.4. The van der Waals surface area contributed by atoms with Crippen LogP contribution in [0.4, 0.5) is 0 Å². The molecule has 0 bridgehead atoms. The Kier molecular flexibility index (Phi) is 5.95. The van der Waals surface area contributed by atoms with E-state index in [-0.39, 0.29) is 11.4 Å². The molecule has 4 rings (SSSR count). The summed E-state index contributed by atoms with van der Waals surface area (Å²) in [5, 5.41) is 3.50. The number of nitrogens with one attached hydrogen (secondary N) is 1. The zero-order valence-electron chi connectivity index (χ0n) is 19.7. The van der Waals surface area contributed by atoms with Gasteiger partial charge in [-0.05, 0) is 105 Å². The Morgan fingerprint density at radius 3 is 2.59 bits per heavy atom. The van der Waals surface area contributed by atoms with Gasteiger partial charge in [0.05, 0.1) is 0 Å². The molecule has 164 valence electrons. The van der Waals surface area contributed by atoms with Crippen LogP contribution in [0.2, 0.25) is 0 Å². The van der Waals surface area contributed by atoms with Crippen molar-refractivity contribution in [2.75, 3.05) is 0 Å². The van der Waals surface area contributed by atoms with Crippen molar-refractivity contribution >= 4 is 5.91 Å². The smallest absolute Gasteiger partial charge is 0.244 e. The third kappa shape index (κ3) is 3.72. The SMILES string of the molecule is CC(C)CCC[C@@H](C)[C@H]1CC[C@H]2[C@@H]3CC[C@H]4CC=CC(=O)N[C@]4(C)[C@H]3CC[C@]12C. The highest BCUT2D eigenvalue weighted by atomic mass is 16.1. The average Bonchev–Trinajstić information content (AvgIpc) is 2.92. The van der Waals surface area contributed by atoms with E-state index in [1.807, 2.05) is 0 Å². The molecule has 3 aliphatic carbocycles. The van der Waals surface area contributed by atoms with Crippen LogP contribution in [0.1, 0.15) is 98.8 Å². The summed E-state index contributed by atoms with van der Waals surface area (Å²) in [5.41, 5.74) is 0.542. The first-order valence-corrected chi connectivity index (χ1v) is 12.7. The third-order valence-electron chi connectivity index (χ3n) is 10.2. The van der Waals surface area contributed by atoms with E-state index in [4.69, 9.17) is 0 Å². The molecular weight excluding hydrogens is 354 g/mol. The molecule has 1 heterocycles. The van der Waals surface area contributed by atoms with Crippen LogP contribution in [0, 0.1) is 46.8 Å². The number of fused-ring (bicyclic) bond motifs is 5. The summed E-state index contributed by atoms with van der Waals surface area (Å²) in [4.78, 5) is 12.4. The zero-order valence-corrected chi connectivity index (χ0v) is 19.7. The second-order valence-electron chi connectivity index (χ2n) is 12.1. The molecular formula is C27H45NO. The van der Waals surface area contributed by atoms with Crippen LogP contribution in [-0.4, -0.2) is 11.4 Å². The van der Waals surface area contributed by atoms with Gasteiger partial charge in [-0.1, -0.05) is 53.0 Å². The van der Waals surface area contributed by atoms with Gasteiger partial charge in [0.1, 0.15) is 0 Å².